The quantitative estimate of drug-likeness (QED) is 0.585. The molecule has 0 spiro atoms. The summed E-state index contributed by atoms with van der Waals surface area (Å²) in [7, 11) is 0. The Morgan fingerprint density at radius 1 is 1.00 bits per heavy atom. The highest BCUT2D eigenvalue weighted by Gasteiger charge is 2.30. The van der Waals surface area contributed by atoms with Crippen molar-refractivity contribution < 1.29 is 4.74 Å². The van der Waals surface area contributed by atoms with Gasteiger partial charge in [0.25, 0.3) is 0 Å². The molecule has 2 aliphatic carbocycles. The van der Waals surface area contributed by atoms with Crippen molar-refractivity contribution >= 4 is 11.6 Å². The van der Waals surface area contributed by atoms with Crippen LogP contribution in [0.15, 0.2) is 0 Å². The molecule has 0 aromatic heterocycles. The molecule has 0 unspecified atom stereocenters. The van der Waals surface area contributed by atoms with Crippen molar-refractivity contribution in [3.8, 4) is 0 Å². The van der Waals surface area contributed by atoms with Crippen molar-refractivity contribution in [2.24, 2.45) is 0 Å². The zero-order valence-electron chi connectivity index (χ0n) is 6.76. The van der Waals surface area contributed by atoms with E-state index in [2.05, 4.69) is 0 Å². The minimum absolute atomic E-state index is 0.404. The summed E-state index contributed by atoms with van der Waals surface area (Å²) >= 11 is 5.85. The molecule has 0 aromatic rings. The van der Waals surface area contributed by atoms with Gasteiger partial charge in [0.15, 0.2) is 0 Å². The highest BCUT2D eigenvalue weighted by molar-refractivity contribution is 6.21. The molecule has 0 atom stereocenters. The van der Waals surface area contributed by atoms with Crippen molar-refractivity contribution in [1.29, 1.82) is 0 Å². The highest BCUT2D eigenvalue weighted by Crippen LogP contribution is 2.32. The van der Waals surface area contributed by atoms with E-state index >= 15 is 0 Å². The molecular weight excluding hydrogens is 160 g/mol. The zero-order chi connectivity index (χ0) is 7.68. The van der Waals surface area contributed by atoms with Crippen LogP contribution >= 0.6 is 11.6 Å². The predicted octanol–water partition coefficient (Wildman–Crippen LogP) is 2.72. The molecule has 0 aromatic carbocycles. The summed E-state index contributed by atoms with van der Waals surface area (Å²) in [5, 5.41) is 0.404. The third-order valence-electron chi connectivity index (χ3n) is 2.72. The van der Waals surface area contributed by atoms with Gasteiger partial charge in [-0.1, -0.05) is 12.8 Å². The Bertz CT molecular complexity index is 126. The lowest BCUT2D eigenvalue weighted by Crippen LogP contribution is -2.34. The van der Waals surface area contributed by atoms with Gasteiger partial charge in [-0.3, -0.25) is 0 Å². The fraction of sp³-hybridized carbons (Fsp3) is 1.00. The van der Waals surface area contributed by atoms with Gasteiger partial charge >= 0.3 is 0 Å². The van der Waals surface area contributed by atoms with Crippen molar-refractivity contribution in [2.75, 3.05) is 0 Å². The second-order valence-electron chi connectivity index (χ2n) is 3.73. The zero-order valence-corrected chi connectivity index (χ0v) is 7.52. The summed E-state index contributed by atoms with van der Waals surface area (Å²) in [5.41, 5.74) is 0. The van der Waals surface area contributed by atoms with E-state index in [0.717, 1.165) is 12.8 Å². The fourth-order valence-corrected chi connectivity index (χ4v) is 2.31. The van der Waals surface area contributed by atoms with Crippen molar-refractivity contribution in [3.63, 3.8) is 0 Å². The largest absolute Gasteiger partial charge is 0.375 e. The molecule has 2 fully saturated rings. The van der Waals surface area contributed by atoms with Gasteiger partial charge in [-0.15, -0.1) is 11.6 Å². The lowest BCUT2D eigenvalue weighted by molar-refractivity contribution is -0.0454. The Morgan fingerprint density at radius 3 is 2.18 bits per heavy atom. The van der Waals surface area contributed by atoms with Crippen LogP contribution in [-0.4, -0.2) is 17.6 Å². The molecule has 2 rings (SSSR count). The first kappa shape index (κ1) is 7.88. The number of ether oxygens (including phenoxy) is 1. The van der Waals surface area contributed by atoms with E-state index in [9.17, 15) is 0 Å². The highest BCUT2D eigenvalue weighted by atomic mass is 35.5. The maximum atomic E-state index is 5.85. The van der Waals surface area contributed by atoms with Crippen LogP contribution in [0.1, 0.15) is 38.5 Å². The molecule has 0 amide bonds. The molecule has 64 valence electrons. The van der Waals surface area contributed by atoms with Gasteiger partial charge in [-0.25, -0.2) is 0 Å². The third-order valence-corrected chi connectivity index (χ3v) is 3.08. The van der Waals surface area contributed by atoms with Crippen LogP contribution in [0.25, 0.3) is 0 Å². The minimum atomic E-state index is 0.404. The summed E-state index contributed by atoms with van der Waals surface area (Å²) in [6, 6.07) is 0. The normalized spacial score (nSPS) is 39.0. The molecule has 0 aliphatic heterocycles. The Kier molecular flexibility index (Phi) is 2.38. The van der Waals surface area contributed by atoms with E-state index in [1.54, 1.807) is 0 Å². The van der Waals surface area contributed by atoms with Crippen molar-refractivity contribution in [3.05, 3.63) is 0 Å². The first-order chi connectivity index (χ1) is 5.34. The molecular formula is C9H15ClO. The lowest BCUT2D eigenvalue weighted by Gasteiger charge is -2.33. The van der Waals surface area contributed by atoms with Crippen LogP contribution in [0.5, 0.6) is 0 Å². The minimum Gasteiger partial charge on any atom is -0.375 e. The van der Waals surface area contributed by atoms with Crippen molar-refractivity contribution in [2.45, 2.75) is 56.1 Å². The Balaban J connectivity index is 1.66. The van der Waals surface area contributed by atoms with E-state index in [1.165, 1.54) is 25.7 Å². The van der Waals surface area contributed by atoms with Gasteiger partial charge in [0.2, 0.25) is 0 Å². The maximum absolute atomic E-state index is 5.85. The number of rotatable bonds is 2. The van der Waals surface area contributed by atoms with E-state index in [0.29, 0.717) is 17.6 Å². The van der Waals surface area contributed by atoms with Gasteiger partial charge in [0.1, 0.15) is 0 Å². The number of hydrogen-bond acceptors (Lipinski definition) is 1. The summed E-state index contributed by atoms with van der Waals surface area (Å²) < 4.78 is 5.83. The van der Waals surface area contributed by atoms with Gasteiger partial charge in [-0.05, 0) is 25.7 Å². The van der Waals surface area contributed by atoms with Gasteiger partial charge in [0, 0.05) is 5.38 Å². The van der Waals surface area contributed by atoms with Crippen molar-refractivity contribution in [1.82, 2.24) is 0 Å². The monoisotopic (exact) mass is 174 g/mol. The second kappa shape index (κ2) is 3.32. The first-order valence-corrected chi connectivity index (χ1v) is 5.08. The second-order valence-corrected chi connectivity index (χ2v) is 4.35. The number of alkyl halides is 1. The summed E-state index contributed by atoms with van der Waals surface area (Å²) in [5.74, 6) is 0. The average molecular weight is 175 g/mol. The Morgan fingerprint density at radius 2 is 1.64 bits per heavy atom. The lowest BCUT2D eigenvalue weighted by atomic mass is 9.95. The van der Waals surface area contributed by atoms with E-state index in [4.69, 9.17) is 16.3 Å². The summed E-state index contributed by atoms with van der Waals surface area (Å²) in [4.78, 5) is 0. The van der Waals surface area contributed by atoms with Gasteiger partial charge in [-0.2, -0.15) is 0 Å². The molecule has 0 bridgehead atoms. The SMILES string of the molecule is ClC1CC(OC2CCCC2)C1. The predicted molar refractivity (Wildman–Crippen MR) is 46.0 cm³/mol. The van der Waals surface area contributed by atoms with E-state index in [1.807, 2.05) is 0 Å². The molecule has 11 heavy (non-hydrogen) atoms. The third kappa shape index (κ3) is 1.88. The van der Waals surface area contributed by atoms with Gasteiger partial charge < -0.3 is 4.74 Å². The molecule has 2 saturated carbocycles. The van der Waals surface area contributed by atoms with E-state index < -0.39 is 0 Å². The molecule has 0 radical (unpaired) electrons. The first-order valence-electron chi connectivity index (χ1n) is 4.64. The number of hydrogen-bond donors (Lipinski definition) is 0. The molecule has 0 N–H and O–H groups in total. The number of halogens is 1. The molecule has 2 aliphatic rings. The maximum Gasteiger partial charge on any atom is 0.0607 e. The summed E-state index contributed by atoms with van der Waals surface area (Å²) in [6.07, 6.45) is 8.52. The van der Waals surface area contributed by atoms with Crippen LogP contribution in [-0.2, 0) is 4.74 Å². The smallest absolute Gasteiger partial charge is 0.0607 e. The summed E-state index contributed by atoms with van der Waals surface area (Å²) in [6.45, 7) is 0. The average Bonchev–Trinajstić information content (AvgIpc) is 2.36. The van der Waals surface area contributed by atoms with Crippen LogP contribution < -0.4 is 0 Å². The standard InChI is InChI=1S/C9H15ClO/c10-7-5-9(6-7)11-8-3-1-2-4-8/h7-9H,1-6H2. The van der Waals surface area contributed by atoms with Crippen LogP contribution in [0, 0.1) is 0 Å². The van der Waals surface area contributed by atoms with Gasteiger partial charge in [0.05, 0.1) is 12.2 Å². The van der Waals surface area contributed by atoms with Crippen LogP contribution in [0.3, 0.4) is 0 Å². The topological polar surface area (TPSA) is 9.23 Å². The molecule has 0 saturated heterocycles. The fourth-order valence-electron chi connectivity index (χ4n) is 1.91. The van der Waals surface area contributed by atoms with E-state index in [-0.39, 0.29) is 0 Å². The van der Waals surface area contributed by atoms with Crippen LogP contribution in [0.4, 0.5) is 0 Å². The molecule has 0 heterocycles. The Hall–Kier alpha value is 0.250. The molecule has 2 heteroatoms. The van der Waals surface area contributed by atoms with Crippen LogP contribution in [0.2, 0.25) is 0 Å². The Labute approximate surface area is 73.1 Å². The molecule has 1 nitrogen and oxygen atoms in total.